The quantitative estimate of drug-likeness (QED) is 0.607. The fraction of sp³-hybridized carbons (Fsp3) is 0.562. The molecule has 2 saturated carbocycles. The number of benzene rings is 1. The number of ether oxygens (including phenoxy) is 1. The highest BCUT2D eigenvalue weighted by molar-refractivity contribution is 5.40. The third-order valence-electron chi connectivity index (χ3n) is 4.33. The summed E-state index contributed by atoms with van der Waals surface area (Å²) in [6.07, 6.45) is 7.58. The zero-order valence-electron chi connectivity index (χ0n) is 11.4. The van der Waals surface area contributed by atoms with E-state index in [4.69, 9.17) is 4.74 Å². The molecule has 2 fully saturated rings. The predicted molar refractivity (Wildman–Crippen MR) is 72.9 cm³/mol. The number of carbonyl (C=O) groups excluding carboxylic acids is 1. The largest absolute Gasteiger partial charge is 0.490 e. The number of rotatable bonds is 5. The van der Waals surface area contributed by atoms with Gasteiger partial charge in [0.2, 0.25) is 6.08 Å². The molecule has 0 spiro atoms. The molecular weight excluding hydrogens is 257 g/mol. The number of hydrogen-bond donors (Lipinski definition) is 0. The van der Waals surface area contributed by atoms with E-state index < -0.39 is 5.54 Å². The van der Waals surface area contributed by atoms with Crippen molar-refractivity contribution in [2.24, 2.45) is 10.9 Å². The van der Waals surface area contributed by atoms with Gasteiger partial charge in [-0.2, -0.15) is 4.99 Å². The second-order valence-corrected chi connectivity index (χ2v) is 5.84. The van der Waals surface area contributed by atoms with Gasteiger partial charge in [0.1, 0.15) is 0 Å². The summed E-state index contributed by atoms with van der Waals surface area (Å²) in [5, 5.41) is 0. The molecule has 0 aromatic heterocycles. The molecule has 20 heavy (non-hydrogen) atoms. The van der Waals surface area contributed by atoms with Crippen LogP contribution in [0.1, 0.15) is 44.1 Å². The highest BCUT2D eigenvalue weighted by Gasteiger charge is 2.36. The molecule has 1 aromatic carbocycles. The molecule has 0 radical (unpaired) electrons. The average Bonchev–Trinajstić information content (AvgIpc) is 3.15. The Hall–Kier alpha value is -1.67. The minimum atomic E-state index is -0.572. The van der Waals surface area contributed by atoms with Crippen LogP contribution >= 0.6 is 0 Å². The second-order valence-electron chi connectivity index (χ2n) is 5.84. The Morgan fingerprint density at radius 2 is 2.10 bits per heavy atom. The maximum absolute atomic E-state index is 14.1. The molecule has 0 N–H and O–H groups in total. The summed E-state index contributed by atoms with van der Waals surface area (Å²) < 4.78 is 19.6. The van der Waals surface area contributed by atoms with Gasteiger partial charge in [0.25, 0.3) is 0 Å². The van der Waals surface area contributed by atoms with Crippen molar-refractivity contribution in [3.05, 3.63) is 29.6 Å². The Bertz CT molecular complexity index is 541. The lowest BCUT2D eigenvalue weighted by atomic mass is 9.89. The third kappa shape index (κ3) is 2.61. The molecule has 4 heteroatoms. The molecule has 0 bridgehead atoms. The van der Waals surface area contributed by atoms with Crippen LogP contribution in [-0.4, -0.2) is 12.7 Å². The van der Waals surface area contributed by atoms with Crippen molar-refractivity contribution < 1.29 is 13.9 Å². The van der Waals surface area contributed by atoms with Gasteiger partial charge in [-0.1, -0.05) is 18.9 Å². The van der Waals surface area contributed by atoms with Gasteiger partial charge < -0.3 is 4.74 Å². The van der Waals surface area contributed by atoms with E-state index in [-0.39, 0.29) is 5.82 Å². The Labute approximate surface area is 117 Å². The zero-order chi connectivity index (χ0) is 14.0. The van der Waals surface area contributed by atoms with Crippen LogP contribution in [0.2, 0.25) is 0 Å². The van der Waals surface area contributed by atoms with Crippen LogP contribution in [0.25, 0.3) is 0 Å². The van der Waals surface area contributed by atoms with Crippen molar-refractivity contribution in [3.63, 3.8) is 0 Å². The summed E-state index contributed by atoms with van der Waals surface area (Å²) in [5.41, 5.74) is 0.187. The summed E-state index contributed by atoms with van der Waals surface area (Å²) in [5.74, 6) is 0.523. The molecule has 2 aliphatic carbocycles. The van der Waals surface area contributed by atoms with Gasteiger partial charge in [-0.05, 0) is 49.3 Å². The molecule has 1 aromatic rings. The van der Waals surface area contributed by atoms with Gasteiger partial charge in [-0.15, -0.1) is 0 Å². The number of hydrogen-bond acceptors (Lipinski definition) is 3. The summed E-state index contributed by atoms with van der Waals surface area (Å²) in [6.45, 7) is 0.591. The highest BCUT2D eigenvalue weighted by atomic mass is 19.1. The van der Waals surface area contributed by atoms with Gasteiger partial charge in [0.15, 0.2) is 11.6 Å². The van der Waals surface area contributed by atoms with Crippen molar-refractivity contribution in [1.29, 1.82) is 0 Å². The molecular formula is C16H18FNO2. The summed E-state index contributed by atoms with van der Waals surface area (Å²) in [6, 6.07) is 4.96. The lowest BCUT2D eigenvalue weighted by Gasteiger charge is -2.23. The number of aliphatic imine (C=N–C) groups is 1. The molecule has 0 unspecified atom stereocenters. The maximum Gasteiger partial charge on any atom is 0.235 e. The van der Waals surface area contributed by atoms with E-state index in [0.29, 0.717) is 18.3 Å². The van der Waals surface area contributed by atoms with Crippen molar-refractivity contribution in [2.45, 2.75) is 44.1 Å². The minimum absolute atomic E-state index is 0.295. The van der Waals surface area contributed by atoms with Crippen LogP contribution in [-0.2, 0) is 10.3 Å². The lowest BCUT2D eigenvalue weighted by Crippen LogP contribution is -2.19. The molecule has 0 atom stereocenters. The summed E-state index contributed by atoms with van der Waals surface area (Å²) in [4.78, 5) is 14.6. The van der Waals surface area contributed by atoms with Crippen LogP contribution in [0, 0.1) is 11.7 Å². The Kier molecular flexibility index (Phi) is 3.58. The van der Waals surface area contributed by atoms with Crippen LogP contribution in [0.4, 0.5) is 4.39 Å². The molecule has 0 amide bonds. The van der Waals surface area contributed by atoms with Gasteiger partial charge >= 0.3 is 0 Å². The summed E-state index contributed by atoms with van der Waals surface area (Å²) >= 11 is 0. The van der Waals surface area contributed by atoms with Crippen LogP contribution in [0.15, 0.2) is 23.2 Å². The normalized spacial score (nSPS) is 20.4. The molecule has 3 rings (SSSR count). The molecule has 3 nitrogen and oxygen atoms in total. The van der Waals surface area contributed by atoms with Gasteiger partial charge in [0.05, 0.1) is 12.1 Å². The highest BCUT2D eigenvalue weighted by Crippen LogP contribution is 2.43. The van der Waals surface area contributed by atoms with Crippen molar-refractivity contribution in [1.82, 2.24) is 0 Å². The third-order valence-corrected chi connectivity index (χ3v) is 4.33. The van der Waals surface area contributed by atoms with Crippen LogP contribution in [0.5, 0.6) is 5.75 Å². The SMILES string of the molecule is O=C=NC1(c2ccc(OCC3CC3)c(F)c2)CCCC1. The average molecular weight is 275 g/mol. The Balaban J connectivity index is 1.82. The topological polar surface area (TPSA) is 38.7 Å². The van der Waals surface area contributed by atoms with Crippen LogP contribution in [0.3, 0.4) is 0 Å². The first-order valence-corrected chi connectivity index (χ1v) is 7.25. The van der Waals surface area contributed by atoms with Gasteiger partial charge in [-0.3, -0.25) is 0 Å². The van der Waals surface area contributed by atoms with E-state index in [2.05, 4.69) is 4.99 Å². The fourth-order valence-corrected chi connectivity index (χ4v) is 2.91. The molecule has 106 valence electrons. The van der Waals surface area contributed by atoms with Gasteiger partial charge in [-0.25, -0.2) is 9.18 Å². The van der Waals surface area contributed by atoms with Crippen LogP contribution < -0.4 is 4.74 Å². The van der Waals surface area contributed by atoms with Crippen molar-refractivity contribution >= 4 is 6.08 Å². The van der Waals surface area contributed by atoms with E-state index >= 15 is 0 Å². The number of isocyanates is 1. The molecule has 2 aliphatic rings. The Morgan fingerprint density at radius 3 is 2.70 bits per heavy atom. The predicted octanol–water partition coefficient (Wildman–Crippen LogP) is 3.72. The molecule has 0 saturated heterocycles. The van der Waals surface area contributed by atoms with E-state index in [1.165, 1.54) is 18.9 Å². The number of nitrogens with zero attached hydrogens (tertiary/aromatic N) is 1. The maximum atomic E-state index is 14.1. The first-order chi connectivity index (χ1) is 9.73. The van der Waals surface area contributed by atoms with E-state index in [9.17, 15) is 9.18 Å². The zero-order valence-corrected chi connectivity index (χ0v) is 11.4. The first-order valence-electron chi connectivity index (χ1n) is 7.25. The summed E-state index contributed by atoms with van der Waals surface area (Å²) in [7, 11) is 0. The smallest absolute Gasteiger partial charge is 0.235 e. The van der Waals surface area contributed by atoms with Crippen molar-refractivity contribution in [2.75, 3.05) is 6.61 Å². The molecule has 0 aliphatic heterocycles. The Morgan fingerprint density at radius 1 is 1.35 bits per heavy atom. The number of halogens is 1. The first kappa shape index (κ1) is 13.3. The van der Waals surface area contributed by atoms with Crippen molar-refractivity contribution in [3.8, 4) is 5.75 Å². The molecule has 0 heterocycles. The fourth-order valence-electron chi connectivity index (χ4n) is 2.91. The second kappa shape index (κ2) is 5.37. The van der Waals surface area contributed by atoms with Gasteiger partial charge in [0, 0.05) is 0 Å². The monoisotopic (exact) mass is 275 g/mol. The minimum Gasteiger partial charge on any atom is -0.490 e. The van der Waals surface area contributed by atoms with E-state index in [1.807, 2.05) is 6.07 Å². The lowest BCUT2D eigenvalue weighted by molar-refractivity contribution is 0.284. The van der Waals surface area contributed by atoms with E-state index in [1.54, 1.807) is 12.1 Å². The standard InChI is InChI=1S/C16H18FNO2/c17-14-9-13(16(18-11-19)7-1-2-8-16)5-6-15(14)20-10-12-3-4-12/h5-6,9,12H,1-4,7-8,10H2. The van der Waals surface area contributed by atoms with E-state index in [0.717, 1.165) is 31.2 Å².